The number of hydrogen-bond donors (Lipinski definition) is 2. The summed E-state index contributed by atoms with van der Waals surface area (Å²) >= 11 is 0. The average Bonchev–Trinajstić information content (AvgIpc) is 2.51. The number of nitrogens with two attached hydrogens (primary N) is 1. The van der Waals surface area contributed by atoms with Crippen LogP contribution in [0.1, 0.15) is 26.7 Å². The van der Waals surface area contributed by atoms with E-state index in [9.17, 15) is 5.11 Å². The maximum Gasteiger partial charge on any atom is 0.0679 e. The first-order valence-corrected chi connectivity index (χ1v) is 5.20. The van der Waals surface area contributed by atoms with Gasteiger partial charge in [-0.1, -0.05) is 13.8 Å². The van der Waals surface area contributed by atoms with Gasteiger partial charge in [-0.3, -0.25) is 0 Å². The molecule has 1 rings (SSSR count). The van der Waals surface area contributed by atoms with Gasteiger partial charge < -0.3 is 15.7 Å². The lowest BCUT2D eigenvalue weighted by Crippen LogP contribution is -2.39. The van der Waals surface area contributed by atoms with Gasteiger partial charge in [0, 0.05) is 19.6 Å². The smallest absolute Gasteiger partial charge is 0.0679 e. The zero-order valence-corrected chi connectivity index (χ0v) is 8.79. The van der Waals surface area contributed by atoms with Crippen LogP contribution in [0.15, 0.2) is 0 Å². The minimum atomic E-state index is -0.112. The highest BCUT2D eigenvalue weighted by Gasteiger charge is 2.28. The van der Waals surface area contributed by atoms with E-state index >= 15 is 0 Å². The van der Waals surface area contributed by atoms with Crippen LogP contribution in [0.3, 0.4) is 0 Å². The van der Waals surface area contributed by atoms with Crippen molar-refractivity contribution < 1.29 is 5.11 Å². The number of β-amino-alcohol motifs (C(OH)–C–C–N with tert-alkyl or cyclic N) is 1. The van der Waals surface area contributed by atoms with Gasteiger partial charge in [0.15, 0.2) is 0 Å². The molecule has 3 heteroatoms. The Labute approximate surface area is 80.9 Å². The van der Waals surface area contributed by atoms with Crippen LogP contribution in [0.25, 0.3) is 0 Å². The summed E-state index contributed by atoms with van der Waals surface area (Å²) in [6, 6.07) is 0. The SMILES string of the molecule is CCC(C)(CN)CN1CCC(O)C1. The van der Waals surface area contributed by atoms with E-state index in [1.165, 1.54) is 0 Å². The van der Waals surface area contributed by atoms with Crippen LogP contribution in [0, 0.1) is 5.41 Å². The van der Waals surface area contributed by atoms with Gasteiger partial charge >= 0.3 is 0 Å². The fraction of sp³-hybridized carbons (Fsp3) is 1.00. The Morgan fingerprint density at radius 3 is 2.69 bits per heavy atom. The van der Waals surface area contributed by atoms with E-state index < -0.39 is 0 Å². The van der Waals surface area contributed by atoms with Crippen LogP contribution in [0.4, 0.5) is 0 Å². The molecule has 0 saturated carbocycles. The van der Waals surface area contributed by atoms with E-state index in [0.717, 1.165) is 39.0 Å². The Morgan fingerprint density at radius 1 is 1.62 bits per heavy atom. The van der Waals surface area contributed by atoms with Crippen LogP contribution in [-0.2, 0) is 0 Å². The zero-order valence-electron chi connectivity index (χ0n) is 8.79. The molecule has 0 radical (unpaired) electrons. The van der Waals surface area contributed by atoms with Gasteiger partial charge in [-0.15, -0.1) is 0 Å². The first kappa shape index (κ1) is 11.0. The number of nitrogens with zero attached hydrogens (tertiary/aromatic N) is 1. The molecule has 3 N–H and O–H groups in total. The highest BCUT2D eigenvalue weighted by Crippen LogP contribution is 2.23. The fourth-order valence-electron chi connectivity index (χ4n) is 1.82. The van der Waals surface area contributed by atoms with Crippen LogP contribution in [-0.4, -0.2) is 42.3 Å². The second-order valence-corrected chi connectivity index (χ2v) is 4.55. The van der Waals surface area contributed by atoms with Gasteiger partial charge in [-0.05, 0) is 24.8 Å². The number of rotatable bonds is 4. The summed E-state index contributed by atoms with van der Waals surface area (Å²) in [4.78, 5) is 2.32. The van der Waals surface area contributed by atoms with Gasteiger partial charge in [0.05, 0.1) is 6.10 Å². The average molecular weight is 186 g/mol. The molecule has 1 aliphatic heterocycles. The molecular weight excluding hydrogens is 164 g/mol. The molecule has 78 valence electrons. The molecule has 0 aliphatic carbocycles. The standard InChI is InChI=1S/C10H22N2O/c1-3-10(2,7-11)8-12-5-4-9(13)6-12/h9,13H,3-8,11H2,1-2H3. The van der Waals surface area contributed by atoms with Gasteiger partial charge in [0.2, 0.25) is 0 Å². The molecule has 1 heterocycles. The van der Waals surface area contributed by atoms with E-state index in [2.05, 4.69) is 18.7 Å². The lowest BCUT2D eigenvalue weighted by molar-refractivity contribution is 0.148. The largest absolute Gasteiger partial charge is 0.392 e. The number of aliphatic hydroxyl groups is 1. The lowest BCUT2D eigenvalue weighted by atomic mass is 9.87. The Kier molecular flexibility index (Phi) is 3.71. The van der Waals surface area contributed by atoms with Crippen molar-refractivity contribution in [3.05, 3.63) is 0 Å². The van der Waals surface area contributed by atoms with E-state index in [-0.39, 0.29) is 11.5 Å². The topological polar surface area (TPSA) is 49.5 Å². The number of hydrogen-bond acceptors (Lipinski definition) is 3. The molecule has 3 nitrogen and oxygen atoms in total. The molecule has 0 aromatic heterocycles. The summed E-state index contributed by atoms with van der Waals surface area (Å²) in [5.41, 5.74) is 5.97. The van der Waals surface area contributed by atoms with Crippen molar-refractivity contribution in [1.82, 2.24) is 4.90 Å². The van der Waals surface area contributed by atoms with Gasteiger partial charge in [-0.2, -0.15) is 0 Å². The summed E-state index contributed by atoms with van der Waals surface area (Å²) in [5.74, 6) is 0. The second kappa shape index (κ2) is 4.40. The van der Waals surface area contributed by atoms with Crippen molar-refractivity contribution in [2.24, 2.45) is 11.1 Å². The highest BCUT2D eigenvalue weighted by atomic mass is 16.3. The predicted octanol–water partition coefficient (Wildman–Crippen LogP) is 0.428. The van der Waals surface area contributed by atoms with Gasteiger partial charge in [-0.25, -0.2) is 0 Å². The monoisotopic (exact) mass is 186 g/mol. The van der Waals surface area contributed by atoms with E-state index in [1.807, 2.05) is 0 Å². The predicted molar refractivity (Wildman–Crippen MR) is 54.5 cm³/mol. The molecule has 1 fully saturated rings. The first-order valence-electron chi connectivity index (χ1n) is 5.20. The maximum absolute atomic E-state index is 9.37. The van der Waals surface area contributed by atoms with E-state index in [4.69, 9.17) is 5.73 Å². The fourth-order valence-corrected chi connectivity index (χ4v) is 1.82. The van der Waals surface area contributed by atoms with Gasteiger partial charge in [0.1, 0.15) is 0 Å². The Bertz CT molecular complexity index is 157. The van der Waals surface area contributed by atoms with Crippen LogP contribution >= 0.6 is 0 Å². The third-order valence-electron chi connectivity index (χ3n) is 3.20. The molecular formula is C10H22N2O. The summed E-state index contributed by atoms with van der Waals surface area (Å²) in [6.45, 7) is 8.01. The number of aliphatic hydroxyl groups excluding tert-OH is 1. The van der Waals surface area contributed by atoms with Crippen LogP contribution in [0.5, 0.6) is 0 Å². The van der Waals surface area contributed by atoms with Crippen molar-refractivity contribution >= 4 is 0 Å². The molecule has 0 aromatic rings. The van der Waals surface area contributed by atoms with Crippen LogP contribution < -0.4 is 5.73 Å². The first-order chi connectivity index (χ1) is 6.09. The Morgan fingerprint density at radius 2 is 2.31 bits per heavy atom. The minimum Gasteiger partial charge on any atom is -0.392 e. The summed E-state index contributed by atoms with van der Waals surface area (Å²) in [7, 11) is 0. The summed E-state index contributed by atoms with van der Waals surface area (Å²) < 4.78 is 0. The highest BCUT2D eigenvalue weighted by molar-refractivity contribution is 4.82. The lowest BCUT2D eigenvalue weighted by Gasteiger charge is -2.31. The Hall–Kier alpha value is -0.120. The molecule has 2 atom stereocenters. The van der Waals surface area contributed by atoms with E-state index in [0.29, 0.717) is 0 Å². The second-order valence-electron chi connectivity index (χ2n) is 4.55. The zero-order chi connectivity index (χ0) is 9.90. The molecule has 0 spiro atoms. The molecule has 1 saturated heterocycles. The summed E-state index contributed by atoms with van der Waals surface area (Å²) in [5, 5.41) is 9.37. The quantitative estimate of drug-likeness (QED) is 0.669. The molecule has 0 amide bonds. The molecule has 0 aromatic carbocycles. The minimum absolute atomic E-state index is 0.112. The molecule has 2 unspecified atom stereocenters. The molecule has 13 heavy (non-hydrogen) atoms. The molecule has 0 bridgehead atoms. The van der Waals surface area contributed by atoms with E-state index in [1.54, 1.807) is 0 Å². The van der Waals surface area contributed by atoms with Crippen molar-refractivity contribution in [3.63, 3.8) is 0 Å². The van der Waals surface area contributed by atoms with Gasteiger partial charge in [0.25, 0.3) is 0 Å². The number of likely N-dealkylation sites (tertiary alicyclic amines) is 1. The maximum atomic E-state index is 9.37. The third-order valence-corrected chi connectivity index (χ3v) is 3.20. The summed E-state index contributed by atoms with van der Waals surface area (Å²) in [6.07, 6.45) is 1.92. The van der Waals surface area contributed by atoms with Crippen molar-refractivity contribution in [1.29, 1.82) is 0 Å². The van der Waals surface area contributed by atoms with Crippen molar-refractivity contribution in [2.75, 3.05) is 26.2 Å². The Balaban J connectivity index is 2.38. The molecule has 1 aliphatic rings. The third kappa shape index (κ3) is 2.93. The van der Waals surface area contributed by atoms with Crippen molar-refractivity contribution in [3.8, 4) is 0 Å². The van der Waals surface area contributed by atoms with Crippen LogP contribution in [0.2, 0.25) is 0 Å². The van der Waals surface area contributed by atoms with Crippen molar-refractivity contribution in [2.45, 2.75) is 32.8 Å². The normalized spacial score (nSPS) is 29.1.